The van der Waals surface area contributed by atoms with Crippen molar-refractivity contribution in [1.82, 2.24) is 15.5 Å². The van der Waals surface area contributed by atoms with E-state index in [0.717, 1.165) is 45.2 Å². The molecule has 160 valence electrons. The highest BCUT2D eigenvalue weighted by Crippen LogP contribution is 2.23. The van der Waals surface area contributed by atoms with Gasteiger partial charge in [-0.15, -0.1) is 0 Å². The summed E-state index contributed by atoms with van der Waals surface area (Å²) in [5.74, 6) is 1.62. The predicted molar refractivity (Wildman–Crippen MR) is 126 cm³/mol. The van der Waals surface area contributed by atoms with Crippen LogP contribution in [0.5, 0.6) is 0 Å². The molecule has 1 atom stereocenters. The van der Waals surface area contributed by atoms with Gasteiger partial charge in [-0.2, -0.15) is 0 Å². The Balaban J connectivity index is 1.17. The highest BCUT2D eigenvalue weighted by molar-refractivity contribution is 5.80. The van der Waals surface area contributed by atoms with E-state index in [2.05, 4.69) is 86.1 Å². The van der Waals surface area contributed by atoms with Crippen LogP contribution in [0.3, 0.4) is 0 Å². The zero-order chi connectivity index (χ0) is 20.6. The fourth-order valence-electron chi connectivity index (χ4n) is 4.58. The number of hydrogen-bond acceptors (Lipinski definition) is 3. The molecular weight excluding hydrogens is 370 g/mol. The zero-order valence-electron chi connectivity index (χ0n) is 18.1. The van der Waals surface area contributed by atoms with Gasteiger partial charge in [-0.1, -0.05) is 48.5 Å². The Morgan fingerprint density at radius 1 is 0.933 bits per heavy atom. The normalized spacial score (nSPS) is 21.0. The van der Waals surface area contributed by atoms with E-state index in [9.17, 15) is 0 Å². The van der Waals surface area contributed by atoms with Gasteiger partial charge in [0.15, 0.2) is 5.96 Å². The Bertz CT molecular complexity index is 784. The number of hydrogen-bond donors (Lipinski definition) is 2. The van der Waals surface area contributed by atoms with Crippen molar-refractivity contribution in [3.63, 3.8) is 0 Å². The van der Waals surface area contributed by atoms with E-state index in [-0.39, 0.29) is 0 Å². The number of para-hydroxylation sites is 1. The Hall–Kier alpha value is -2.53. The second-order valence-electron chi connectivity index (χ2n) is 8.57. The lowest BCUT2D eigenvalue weighted by molar-refractivity contribution is 0.198. The van der Waals surface area contributed by atoms with Gasteiger partial charge in [0, 0.05) is 58.0 Å². The first kappa shape index (κ1) is 20.7. The molecule has 2 heterocycles. The monoisotopic (exact) mass is 405 g/mol. The van der Waals surface area contributed by atoms with Gasteiger partial charge in [0.1, 0.15) is 0 Å². The third-order valence-electron chi connectivity index (χ3n) is 6.37. The minimum atomic E-state index is 0.507. The van der Waals surface area contributed by atoms with Gasteiger partial charge in [0.05, 0.1) is 0 Å². The zero-order valence-corrected chi connectivity index (χ0v) is 18.1. The molecule has 0 bridgehead atoms. The minimum absolute atomic E-state index is 0.507. The van der Waals surface area contributed by atoms with Crippen LogP contribution in [-0.2, 0) is 6.54 Å². The summed E-state index contributed by atoms with van der Waals surface area (Å²) in [6.07, 6.45) is 3.56. The van der Waals surface area contributed by atoms with E-state index in [4.69, 9.17) is 0 Å². The smallest absolute Gasteiger partial charge is 0.191 e. The molecule has 2 aromatic carbocycles. The van der Waals surface area contributed by atoms with Gasteiger partial charge in [0.2, 0.25) is 0 Å². The van der Waals surface area contributed by atoms with E-state index in [1.165, 1.54) is 30.5 Å². The topological polar surface area (TPSA) is 42.9 Å². The summed E-state index contributed by atoms with van der Waals surface area (Å²) in [7, 11) is 1.88. The third kappa shape index (κ3) is 5.76. The molecule has 5 nitrogen and oxygen atoms in total. The second-order valence-corrected chi connectivity index (χ2v) is 8.57. The van der Waals surface area contributed by atoms with Gasteiger partial charge in [-0.05, 0) is 42.9 Å². The van der Waals surface area contributed by atoms with Crippen molar-refractivity contribution in [2.75, 3.05) is 44.7 Å². The number of likely N-dealkylation sites (tertiary alicyclic amines) is 1. The highest BCUT2D eigenvalue weighted by Gasteiger charge is 2.24. The first-order valence-electron chi connectivity index (χ1n) is 11.3. The molecule has 2 fully saturated rings. The quantitative estimate of drug-likeness (QED) is 0.571. The van der Waals surface area contributed by atoms with Crippen molar-refractivity contribution >= 4 is 11.6 Å². The summed E-state index contributed by atoms with van der Waals surface area (Å²) in [6.45, 7) is 6.57. The van der Waals surface area contributed by atoms with Crippen molar-refractivity contribution < 1.29 is 0 Å². The van der Waals surface area contributed by atoms with E-state index >= 15 is 0 Å². The van der Waals surface area contributed by atoms with Gasteiger partial charge in [-0.3, -0.25) is 9.89 Å². The molecule has 0 aromatic heterocycles. The van der Waals surface area contributed by atoms with Crippen LogP contribution in [0.1, 0.15) is 24.8 Å². The lowest BCUT2D eigenvalue weighted by Gasteiger charge is -2.33. The number of anilines is 1. The Morgan fingerprint density at radius 3 is 2.33 bits per heavy atom. The van der Waals surface area contributed by atoms with Crippen LogP contribution < -0.4 is 15.5 Å². The van der Waals surface area contributed by atoms with Crippen LogP contribution in [0, 0.1) is 5.92 Å². The summed E-state index contributed by atoms with van der Waals surface area (Å²) < 4.78 is 0. The number of benzene rings is 2. The van der Waals surface area contributed by atoms with Gasteiger partial charge in [-0.25, -0.2) is 0 Å². The molecule has 0 amide bonds. The van der Waals surface area contributed by atoms with Crippen molar-refractivity contribution in [3.05, 3.63) is 66.2 Å². The highest BCUT2D eigenvalue weighted by atomic mass is 15.2. The molecule has 0 radical (unpaired) electrons. The van der Waals surface area contributed by atoms with Gasteiger partial charge in [0.25, 0.3) is 0 Å². The summed E-state index contributed by atoms with van der Waals surface area (Å²) in [5.41, 5.74) is 2.74. The number of nitrogens with one attached hydrogen (secondary N) is 2. The number of rotatable bonds is 6. The lowest BCUT2D eigenvalue weighted by Crippen LogP contribution is -2.49. The average Bonchev–Trinajstić information content (AvgIpc) is 3.28. The first-order chi connectivity index (χ1) is 14.8. The predicted octanol–water partition coefficient (Wildman–Crippen LogP) is 3.34. The van der Waals surface area contributed by atoms with E-state index in [1.807, 2.05) is 7.05 Å². The van der Waals surface area contributed by atoms with Crippen LogP contribution >= 0.6 is 0 Å². The number of aliphatic imine (C=N–C) groups is 1. The second kappa shape index (κ2) is 10.5. The summed E-state index contributed by atoms with van der Waals surface area (Å²) >= 11 is 0. The van der Waals surface area contributed by atoms with Crippen LogP contribution in [0.4, 0.5) is 5.69 Å². The number of piperidine rings is 1. The summed E-state index contributed by atoms with van der Waals surface area (Å²) in [5, 5.41) is 7.24. The molecule has 2 saturated heterocycles. The molecule has 0 saturated carbocycles. The fraction of sp³-hybridized carbons (Fsp3) is 0.480. The van der Waals surface area contributed by atoms with Crippen LogP contribution in [0.2, 0.25) is 0 Å². The standard InChI is InChI=1S/C25H35N5/c1-26-25(27-18-22-12-17-30(20-22)24-10-6-3-7-11-24)28-23-13-15-29(16-14-23)19-21-8-4-2-5-9-21/h2-11,22-23H,12-20H2,1H3,(H2,26,27,28). The number of nitrogens with zero attached hydrogens (tertiary/aromatic N) is 3. The Labute approximate surface area is 181 Å². The molecule has 2 N–H and O–H groups in total. The van der Waals surface area contributed by atoms with Crippen LogP contribution in [0.15, 0.2) is 65.7 Å². The molecule has 2 aliphatic heterocycles. The fourth-order valence-corrected chi connectivity index (χ4v) is 4.58. The van der Waals surface area contributed by atoms with Crippen LogP contribution in [0.25, 0.3) is 0 Å². The van der Waals surface area contributed by atoms with Crippen molar-refractivity contribution in [2.24, 2.45) is 10.9 Å². The molecule has 4 rings (SSSR count). The molecule has 2 aliphatic rings. The average molecular weight is 406 g/mol. The maximum atomic E-state index is 4.47. The van der Waals surface area contributed by atoms with E-state index in [1.54, 1.807) is 0 Å². The molecule has 2 aromatic rings. The maximum Gasteiger partial charge on any atom is 0.191 e. The van der Waals surface area contributed by atoms with Gasteiger partial charge < -0.3 is 15.5 Å². The first-order valence-corrected chi connectivity index (χ1v) is 11.3. The molecule has 1 unspecified atom stereocenters. The van der Waals surface area contributed by atoms with Crippen molar-refractivity contribution in [3.8, 4) is 0 Å². The van der Waals surface area contributed by atoms with E-state index in [0.29, 0.717) is 12.0 Å². The summed E-state index contributed by atoms with van der Waals surface area (Å²) in [4.78, 5) is 9.52. The molecule has 30 heavy (non-hydrogen) atoms. The summed E-state index contributed by atoms with van der Waals surface area (Å²) in [6, 6.07) is 22.0. The Kier molecular flexibility index (Phi) is 7.25. The minimum Gasteiger partial charge on any atom is -0.371 e. The van der Waals surface area contributed by atoms with Crippen molar-refractivity contribution in [2.45, 2.75) is 31.8 Å². The molecule has 0 aliphatic carbocycles. The molecule has 0 spiro atoms. The largest absolute Gasteiger partial charge is 0.371 e. The number of guanidine groups is 1. The van der Waals surface area contributed by atoms with E-state index < -0.39 is 0 Å². The molecular formula is C25H35N5. The van der Waals surface area contributed by atoms with Gasteiger partial charge >= 0.3 is 0 Å². The lowest BCUT2D eigenvalue weighted by atomic mass is 10.0. The van der Waals surface area contributed by atoms with Crippen molar-refractivity contribution in [1.29, 1.82) is 0 Å². The van der Waals surface area contributed by atoms with Crippen LogP contribution in [-0.4, -0.2) is 56.7 Å². The maximum absolute atomic E-state index is 4.47. The SMILES string of the molecule is CN=C(NCC1CCN(c2ccccc2)C1)NC1CCN(Cc2ccccc2)CC1. The molecule has 5 heteroatoms. The Morgan fingerprint density at radius 2 is 1.63 bits per heavy atom. The third-order valence-corrected chi connectivity index (χ3v) is 6.37.